The number of carbonyl (C=O) groups is 1. The monoisotopic (exact) mass is 426 g/mol. The van der Waals surface area contributed by atoms with Crippen LogP contribution < -0.4 is 10.2 Å². The van der Waals surface area contributed by atoms with Crippen LogP contribution in [0.25, 0.3) is 11.2 Å². The van der Waals surface area contributed by atoms with Crippen LogP contribution in [0.3, 0.4) is 0 Å². The minimum absolute atomic E-state index is 0.00541. The summed E-state index contributed by atoms with van der Waals surface area (Å²) in [7, 11) is 0. The second kappa shape index (κ2) is 8.20. The number of rotatable bonds is 3. The van der Waals surface area contributed by atoms with Crippen LogP contribution in [0, 0.1) is 17.6 Å². The summed E-state index contributed by atoms with van der Waals surface area (Å²) in [4.78, 5) is 28.6. The SMILES string of the molecule is O=C(Nc1ccc(F)cc1F)C1CCN(c2ncnc3c2nc2n3CCCCC2)CC1. The van der Waals surface area contributed by atoms with Crippen molar-refractivity contribution in [2.45, 2.75) is 45.1 Å². The summed E-state index contributed by atoms with van der Waals surface area (Å²) in [6.07, 6.45) is 7.27. The summed E-state index contributed by atoms with van der Waals surface area (Å²) in [5.41, 5.74) is 1.72. The molecular weight excluding hydrogens is 402 g/mol. The Morgan fingerprint density at radius 3 is 2.71 bits per heavy atom. The number of nitrogens with one attached hydrogen (secondary N) is 1. The second-order valence-electron chi connectivity index (χ2n) is 8.23. The lowest BCUT2D eigenvalue weighted by molar-refractivity contribution is -0.120. The lowest BCUT2D eigenvalue weighted by Crippen LogP contribution is -2.38. The van der Waals surface area contributed by atoms with Gasteiger partial charge in [-0.25, -0.2) is 23.7 Å². The van der Waals surface area contributed by atoms with Crippen LogP contribution in [0.4, 0.5) is 20.3 Å². The van der Waals surface area contributed by atoms with Crippen molar-refractivity contribution >= 4 is 28.6 Å². The largest absolute Gasteiger partial charge is 0.355 e. The number of amides is 1. The highest BCUT2D eigenvalue weighted by atomic mass is 19.1. The zero-order chi connectivity index (χ0) is 21.4. The fourth-order valence-corrected chi connectivity index (χ4v) is 4.54. The topological polar surface area (TPSA) is 75.9 Å². The average Bonchev–Trinajstić information content (AvgIpc) is 2.96. The van der Waals surface area contributed by atoms with Gasteiger partial charge < -0.3 is 14.8 Å². The number of carbonyl (C=O) groups excluding carboxylic acids is 1. The van der Waals surface area contributed by atoms with Crippen LogP contribution in [-0.2, 0) is 17.8 Å². The van der Waals surface area contributed by atoms with E-state index in [0.29, 0.717) is 25.9 Å². The molecule has 9 heteroatoms. The maximum Gasteiger partial charge on any atom is 0.227 e. The third kappa shape index (κ3) is 3.84. The van der Waals surface area contributed by atoms with E-state index >= 15 is 0 Å². The number of benzene rings is 1. The van der Waals surface area contributed by atoms with Crippen molar-refractivity contribution in [2.24, 2.45) is 5.92 Å². The predicted octanol–water partition coefficient (Wildman–Crippen LogP) is 3.69. The van der Waals surface area contributed by atoms with Gasteiger partial charge in [-0.1, -0.05) is 6.42 Å². The molecule has 2 aliphatic rings. The Bertz CT molecular complexity index is 1120. The van der Waals surface area contributed by atoms with E-state index in [9.17, 15) is 13.6 Å². The first-order valence-electron chi connectivity index (χ1n) is 10.8. The van der Waals surface area contributed by atoms with Gasteiger partial charge in [-0.2, -0.15) is 0 Å². The summed E-state index contributed by atoms with van der Waals surface area (Å²) < 4.78 is 29.1. The standard InChI is InChI=1S/C22H24F2N6O/c23-15-5-6-17(16(24)12-15)27-22(31)14-7-10-29(11-8-14)20-19-21(26-13-25-20)30-9-3-1-2-4-18(30)28-19/h5-6,12-14H,1-4,7-11H2,(H,27,31). The van der Waals surface area contributed by atoms with E-state index < -0.39 is 11.6 Å². The van der Waals surface area contributed by atoms with Gasteiger partial charge in [0.25, 0.3) is 0 Å². The van der Waals surface area contributed by atoms with Gasteiger partial charge in [0.1, 0.15) is 23.8 Å². The second-order valence-corrected chi connectivity index (χ2v) is 8.23. The Morgan fingerprint density at radius 1 is 1.06 bits per heavy atom. The minimum atomic E-state index is -0.770. The van der Waals surface area contributed by atoms with Gasteiger partial charge in [0.15, 0.2) is 17.0 Å². The number of nitrogens with zero attached hydrogens (tertiary/aromatic N) is 5. The summed E-state index contributed by atoms with van der Waals surface area (Å²) in [5, 5.41) is 2.59. The van der Waals surface area contributed by atoms with Gasteiger partial charge in [-0.15, -0.1) is 0 Å². The van der Waals surface area contributed by atoms with Gasteiger partial charge in [0.05, 0.1) is 5.69 Å². The highest BCUT2D eigenvalue weighted by Crippen LogP contribution is 2.30. The van der Waals surface area contributed by atoms with E-state index in [4.69, 9.17) is 4.98 Å². The lowest BCUT2D eigenvalue weighted by Gasteiger charge is -2.32. The minimum Gasteiger partial charge on any atom is -0.355 e. The first kappa shape index (κ1) is 19.8. The molecule has 0 bridgehead atoms. The van der Waals surface area contributed by atoms with Crippen molar-refractivity contribution in [2.75, 3.05) is 23.3 Å². The van der Waals surface area contributed by atoms with Crippen LogP contribution in [0.5, 0.6) is 0 Å². The van der Waals surface area contributed by atoms with Crippen LogP contribution in [0.2, 0.25) is 0 Å². The molecule has 2 aromatic heterocycles. The smallest absolute Gasteiger partial charge is 0.227 e. The molecule has 0 unspecified atom stereocenters. The number of halogens is 2. The van der Waals surface area contributed by atoms with Crippen LogP contribution in [0.15, 0.2) is 24.5 Å². The Morgan fingerprint density at radius 2 is 1.90 bits per heavy atom. The molecule has 5 rings (SSSR count). The Labute approximate surface area is 178 Å². The number of imidazole rings is 1. The van der Waals surface area contributed by atoms with Crippen molar-refractivity contribution in [3.05, 3.63) is 42.0 Å². The van der Waals surface area contributed by atoms with E-state index in [0.717, 1.165) is 60.7 Å². The fraction of sp³-hybridized carbons (Fsp3) is 0.455. The Balaban J connectivity index is 1.29. The van der Waals surface area contributed by atoms with Crippen molar-refractivity contribution in [1.29, 1.82) is 0 Å². The number of aryl methyl sites for hydroxylation is 2. The van der Waals surface area contributed by atoms with Crippen molar-refractivity contribution in [3.8, 4) is 0 Å². The number of aromatic nitrogens is 4. The van der Waals surface area contributed by atoms with Crippen LogP contribution in [-0.4, -0.2) is 38.5 Å². The molecule has 0 atom stereocenters. The number of fused-ring (bicyclic) bond motifs is 3. The van der Waals surface area contributed by atoms with E-state index in [-0.39, 0.29) is 17.5 Å². The summed E-state index contributed by atoms with van der Waals surface area (Å²) in [6.45, 7) is 2.24. The molecule has 1 amide bonds. The third-order valence-electron chi connectivity index (χ3n) is 6.23. The summed E-state index contributed by atoms with van der Waals surface area (Å²) in [5.74, 6) is -0.0347. The average molecular weight is 426 g/mol. The maximum absolute atomic E-state index is 13.8. The van der Waals surface area contributed by atoms with Crippen LogP contribution >= 0.6 is 0 Å². The zero-order valence-corrected chi connectivity index (χ0v) is 17.2. The molecule has 162 valence electrons. The molecule has 1 aromatic carbocycles. The highest BCUT2D eigenvalue weighted by Gasteiger charge is 2.28. The molecule has 0 spiro atoms. The lowest BCUT2D eigenvalue weighted by atomic mass is 9.95. The Kier molecular flexibility index (Phi) is 5.25. The van der Waals surface area contributed by atoms with Gasteiger partial charge in [-0.3, -0.25) is 4.79 Å². The van der Waals surface area contributed by atoms with Gasteiger partial charge in [0, 0.05) is 38.0 Å². The normalized spacial score (nSPS) is 17.4. The van der Waals surface area contributed by atoms with Gasteiger partial charge in [-0.05, 0) is 37.8 Å². The molecule has 7 nitrogen and oxygen atoms in total. The van der Waals surface area contributed by atoms with Crippen molar-refractivity contribution < 1.29 is 13.6 Å². The molecule has 2 aliphatic heterocycles. The molecule has 4 heterocycles. The molecule has 3 aromatic rings. The van der Waals surface area contributed by atoms with Crippen molar-refractivity contribution in [3.63, 3.8) is 0 Å². The molecular formula is C22H24F2N6O. The third-order valence-corrected chi connectivity index (χ3v) is 6.23. The fourth-order valence-electron chi connectivity index (χ4n) is 4.54. The molecule has 1 fully saturated rings. The molecule has 31 heavy (non-hydrogen) atoms. The number of hydrogen-bond acceptors (Lipinski definition) is 5. The quantitative estimate of drug-likeness (QED) is 0.691. The first-order chi connectivity index (χ1) is 15.1. The predicted molar refractivity (Wildman–Crippen MR) is 113 cm³/mol. The van der Waals surface area contributed by atoms with Gasteiger partial charge >= 0.3 is 0 Å². The number of anilines is 2. The maximum atomic E-state index is 13.8. The molecule has 0 saturated carbocycles. The molecule has 1 saturated heterocycles. The van der Waals surface area contributed by atoms with E-state index in [1.165, 1.54) is 12.5 Å². The summed E-state index contributed by atoms with van der Waals surface area (Å²) >= 11 is 0. The number of piperidine rings is 1. The molecule has 1 N–H and O–H groups in total. The Hall–Kier alpha value is -3.10. The molecule has 0 radical (unpaired) electrons. The highest BCUT2D eigenvalue weighted by molar-refractivity contribution is 5.93. The van der Waals surface area contributed by atoms with Gasteiger partial charge in [0.2, 0.25) is 5.91 Å². The van der Waals surface area contributed by atoms with Crippen molar-refractivity contribution in [1.82, 2.24) is 19.5 Å². The van der Waals surface area contributed by atoms with Crippen LogP contribution in [0.1, 0.15) is 37.9 Å². The molecule has 0 aliphatic carbocycles. The number of hydrogen-bond donors (Lipinski definition) is 1. The van der Waals surface area contributed by atoms with E-state index in [1.807, 2.05) is 0 Å². The van der Waals surface area contributed by atoms with E-state index in [1.54, 1.807) is 6.33 Å². The van der Waals surface area contributed by atoms with E-state index in [2.05, 4.69) is 24.8 Å². The zero-order valence-electron chi connectivity index (χ0n) is 17.2. The summed E-state index contributed by atoms with van der Waals surface area (Å²) in [6, 6.07) is 3.15. The first-order valence-corrected chi connectivity index (χ1v) is 10.8.